The van der Waals surface area contributed by atoms with Crippen molar-refractivity contribution < 1.29 is 9.59 Å². The minimum absolute atomic E-state index is 0.0583. The molecule has 0 spiro atoms. The van der Waals surface area contributed by atoms with E-state index in [4.69, 9.17) is 0 Å². The van der Waals surface area contributed by atoms with Crippen molar-refractivity contribution in [1.29, 1.82) is 0 Å². The van der Waals surface area contributed by atoms with E-state index in [2.05, 4.69) is 32.7 Å². The predicted octanol–water partition coefficient (Wildman–Crippen LogP) is 3.48. The van der Waals surface area contributed by atoms with Gasteiger partial charge in [0, 0.05) is 12.1 Å². The van der Waals surface area contributed by atoms with Crippen molar-refractivity contribution in [2.75, 3.05) is 7.05 Å². The number of hydrogen-bond acceptors (Lipinski definition) is 3. The monoisotopic (exact) mass is 316 g/mol. The Kier molecular flexibility index (Phi) is 7.69. The van der Waals surface area contributed by atoms with Crippen LogP contribution in [0.5, 0.6) is 0 Å². The van der Waals surface area contributed by atoms with Gasteiger partial charge in [0.2, 0.25) is 5.91 Å². The third-order valence-electron chi connectivity index (χ3n) is 4.03. The molecule has 0 radical (unpaired) electrons. The Morgan fingerprint density at radius 2 is 2.09 bits per heavy atom. The molecule has 1 aromatic carbocycles. The Hall–Kier alpha value is -1.94. The van der Waals surface area contributed by atoms with Crippen LogP contribution in [-0.4, -0.2) is 30.2 Å². The van der Waals surface area contributed by atoms with Crippen LogP contribution in [0.4, 0.5) is 0 Å². The van der Waals surface area contributed by atoms with Crippen LogP contribution in [0.15, 0.2) is 31.0 Å². The smallest absolute Gasteiger partial charge is 0.241 e. The molecule has 0 aliphatic heterocycles. The summed E-state index contributed by atoms with van der Waals surface area (Å²) in [4.78, 5) is 25.8. The van der Waals surface area contributed by atoms with E-state index in [1.54, 1.807) is 0 Å². The standard InChI is InChI=1S/C19H28N2O2/c1-6-9-18(19(23)20-7-2)21(5)12-15-10-8-11-16(14(3)4)17(15)13-22/h7-8,10-11,13-14,18H,2,6,9,12H2,1,3-5H3,(H,20,23). The number of aldehydes is 1. The molecule has 1 N–H and O–H groups in total. The first-order valence-corrected chi connectivity index (χ1v) is 8.14. The number of carbonyl (C=O) groups is 2. The van der Waals surface area contributed by atoms with E-state index in [1.807, 2.05) is 30.1 Å². The molecule has 0 aliphatic carbocycles. The van der Waals surface area contributed by atoms with Gasteiger partial charge in [-0.3, -0.25) is 14.5 Å². The minimum atomic E-state index is -0.236. The highest BCUT2D eigenvalue weighted by Crippen LogP contribution is 2.23. The summed E-state index contributed by atoms with van der Waals surface area (Å²) in [6, 6.07) is 5.69. The van der Waals surface area contributed by atoms with Crippen LogP contribution in [0.3, 0.4) is 0 Å². The second-order valence-corrected chi connectivity index (χ2v) is 6.12. The summed E-state index contributed by atoms with van der Waals surface area (Å²) in [5.41, 5.74) is 2.75. The number of nitrogens with zero attached hydrogens (tertiary/aromatic N) is 1. The van der Waals surface area contributed by atoms with Gasteiger partial charge >= 0.3 is 0 Å². The van der Waals surface area contributed by atoms with E-state index in [0.29, 0.717) is 6.54 Å². The average Bonchev–Trinajstić information content (AvgIpc) is 2.52. The Bertz CT molecular complexity index is 552. The third kappa shape index (κ3) is 5.03. The first kappa shape index (κ1) is 19.1. The Morgan fingerprint density at radius 1 is 1.39 bits per heavy atom. The molecule has 1 unspecified atom stereocenters. The Morgan fingerprint density at radius 3 is 2.61 bits per heavy atom. The summed E-state index contributed by atoms with van der Waals surface area (Å²) < 4.78 is 0. The number of nitrogens with one attached hydrogen (secondary N) is 1. The molecule has 0 heterocycles. The van der Waals surface area contributed by atoms with E-state index in [1.165, 1.54) is 6.20 Å². The van der Waals surface area contributed by atoms with Crippen LogP contribution in [-0.2, 0) is 11.3 Å². The molecule has 1 amide bonds. The first-order chi connectivity index (χ1) is 11.0. The number of benzene rings is 1. The van der Waals surface area contributed by atoms with Gasteiger partial charge in [0.1, 0.15) is 0 Å². The van der Waals surface area contributed by atoms with Gasteiger partial charge in [0.15, 0.2) is 6.29 Å². The molecular formula is C19H28N2O2. The molecule has 0 saturated carbocycles. The highest BCUT2D eigenvalue weighted by molar-refractivity contribution is 5.83. The number of carbonyl (C=O) groups excluding carboxylic acids is 2. The van der Waals surface area contributed by atoms with Crippen LogP contribution in [0.1, 0.15) is 61.0 Å². The van der Waals surface area contributed by atoms with E-state index in [0.717, 1.165) is 35.8 Å². The molecule has 1 aromatic rings. The zero-order valence-electron chi connectivity index (χ0n) is 14.6. The molecule has 0 aromatic heterocycles. The lowest BCUT2D eigenvalue weighted by molar-refractivity contribution is -0.125. The fourth-order valence-electron chi connectivity index (χ4n) is 2.82. The van der Waals surface area contributed by atoms with Gasteiger partial charge in [-0.2, -0.15) is 0 Å². The summed E-state index contributed by atoms with van der Waals surface area (Å²) in [6.07, 6.45) is 4.01. The van der Waals surface area contributed by atoms with E-state index in [-0.39, 0.29) is 17.9 Å². The van der Waals surface area contributed by atoms with E-state index < -0.39 is 0 Å². The highest BCUT2D eigenvalue weighted by Gasteiger charge is 2.23. The zero-order chi connectivity index (χ0) is 17.4. The molecule has 0 aliphatic rings. The Balaban J connectivity index is 3.04. The maximum Gasteiger partial charge on any atom is 0.241 e. The molecule has 0 saturated heterocycles. The van der Waals surface area contributed by atoms with Crippen molar-refractivity contribution in [3.8, 4) is 0 Å². The van der Waals surface area contributed by atoms with Gasteiger partial charge in [-0.05, 0) is 36.7 Å². The van der Waals surface area contributed by atoms with Crippen molar-refractivity contribution >= 4 is 12.2 Å². The number of hydrogen-bond donors (Lipinski definition) is 1. The highest BCUT2D eigenvalue weighted by atomic mass is 16.2. The maximum atomic E-state index is 12.2. The normalized spacial score (nSPS) is 12.3. The van der Waals surface area contributed by atoms with Gasteiger partial charge in [0.05, 0.1) is 6.04 Å². The van der Waals surface area contributed by atoms with Crippen molar-refractivity contribution in [3.63, 3.8) is 0 Å². The van der Waals surface area contributed by atoms with Crippen LogP contribution in [0, 0.1) is 0 Å². The van der Waals surface area contributed by atoms with Crippen molar-refractivity contribution in [1.82, 2.24) is 10.2 Å². The quantitative estimate of drug-likeness (QED) is 0.710. The molecule has 1 rings (SSSR count). The van der Waals surface area contributed by atoms with Gasteiger partial charge < -0.3 is 5.32 Å². The first-order valence-electron chi connectivity index (χ1n) is 8.14. The lowest BCUT2D eigenvalue weighted by atomic mass is 9.93. The summed E-state index contributed by atoms with van der Waals surface area (Å²) in [6.45, 7) is 10.3. The fraction of sp³-hybridized carbons (Fsp3) is 0.474. The molecule has 126 valence electrons. The second kappa shape index (κ2) is 9.26. The van der Waals surface area contributed by atoms with E-state index >= 15 is 0 Å². The van der Waals surface area contributed by atoms with E-state index in [9.17, 15) is 9.59 Å². The maximum absolute atomic E-state index is 12.2. The molecular weight excluding hydrogens is 288 g/mol. The van der Waals surface area contributed by atoms with Crippen molar-refractivity contribution in [3.05, 3.63) is 47.7 Å². The molecule has 1 atom stereocenters. The van der Waals surface area contributed by atoms with Crippen LogP contribution in [0.25, 0.3) is 0 Å². The summed E-state index contributed by atoms with van der Waals surface area (Å²) in [5.74, 6) is 0.230. The lowest BCUT2D eigenvalue weighted by Crippen LogP contribution is -2.43. The number of rotatable bonds is 9. The van der Waals surface area contributed by atoms with Crippen molar-refractivity contribution in [2.24, 2.45) is 0 Å². The minimum Gasteiger partial charge on any atom is -0.332 e. The second-order valence-electron chi connectivity index (χ2n) is 6.12. The summed E-state index contributed by atoms with van der Waals surface area (Å²) in [5, 5.41) is 2.67. The zero-order valence-corrected chi connectivity index (χ0v) is 14.6. The Labute approximate surface area is 139 Å². The molecule has 23 heavy (non-hydrogen) atoms. The van der Waals surface area contributed by atoms with Crippen LogP contribution >= 0.6 is 0 Å². The SMILES string of the molecule is C=CNC(=O)C(CCC)N(C)Cc1cccc(C(C)C)c1C=O. The molecule has 0 fully saturated rings. The van der Waals surface area contributed by atoms with Gasteiger partial charge in [-0.25, -0.2) is 0 Å². The molecule has 4 heteroatoms. The van der Waals surface area contributed by atoms with Crippen LogP contribution in [0.2, 0.25) is 0 Å². The topological polar surface area (TPSA) is 49.4 Å². The fourth-order valence-corrected chi connectivity index (χ4v) is 2.82. The van der Waals surface area contributed by atoms with Gasteiger partial charge in [-0.15, -0.1) is 0 Å². The predicted molar refractivity (Wildman–Crippen MR) is 94.4 cm³/mol. The molecule has 4 nitrogen and oxygen atoms in total. The number of amides is 1. The summed E-state index contributed by atoms with van der Waals surface area (Å²) >= 11 is 0. The van der Waals surface area contributed by atoms with Crippen LogP contribution < -0.4 is 5.32 Å². The van der Waals surface area contributed by atoms with Gasteiger partial charge in [-0.1, -0.05) is 52.0 Å². The van der Waals surface area contributed by atoms with Gasteiger partial charge in [0.25, 0.3) is 0 Å². The average molecular weight is 316 g/mol. The molecule has 0 bridgehead atoms. The third-order valence-corrected chi connectivity index (χ3v) is 4.03. The number of likely N-dealkylation sites (N-methyl/N-ethyl adjacent to an activating group) is 1. The lowest BCUT2D eigenvalue weighted by Gasteiger charge is -2.27. The van der Waals surface area contributed by atoms with Crippen molar-refractivity contribution in [2.45, 2.75) is 52.1 Å². The largest absolute Gasteiger partial charge is 0.332 e. The summed E-state index contributed by atoms with van der Waals surface area (Å²) in [7, 11) is 1.92.